The molecule has 2 aromatic rings. The third kappa shape index (κ3) is 4.13. The molecule has 0 amide bonds. The number of benzene rings is 1. The lowest BCUT2D eigenvalue weighted by molar-refractivity contribution is 1.14. The number of thioether (sulfide) groups is 1. The van der Waals surface area contributed by atoms with Crippen LogP contribution in [-0.4, -0.2) is 4.98 Å². The van der Waals surface area contributed by atoms with Crippen molar-refractivity contribution in [2.24, 2.45) is 5.84 Å². The van der Waals surface area contributed by atoms with Gasteiger partial charge in [-0.2, -0.15) is 11.8 Å². The van der Waals surface area contributed by atoms with Crippen LogP contribution in [0, 0.1) is 13.8 Å². The van der Waals surface area contributed by atoms with Crippen LogP contribution in [0.25, 0.3) is 0 Å². The summed E-state index contributed by atoms with van der Waals surface area (Å²) in [4.78, 5) is 4.37. The van der Waals surface area contributed by atoms with Gasteiger partial charge < -0.3 is 5.43 Å². The molecule has 0 saturated carbocycles. The maximum atomic E-state index is 6.14. The largest absolute Gasteiger partial charge is 0.308 e. The second-order valence-electron chi connectivity index (χ2n) is 4.76. The first-order chi connectivity index (χ1) is 9.58. The molecule has 0 fully saturated rings. The molecule has 20 heavy (non-hydrogen) atoms. The van der Waals surface area contributed by atoms with Gasteiger partial charge in [-0.05, 0) is 31.5 Å². The van der Waals surface area contributed by atoms with Crippen LogP contribution >= 0.6 is 23.4 Å². The van der Waals surface area contributed by atoms with Crippen molar-refractivity contribution >= 4 is 29.2 Å². The second kappa shape index (κ2) is 6.97. The zero-order chi connectivity index (χ0) is 14.5. The average Bonchev–Trinajstić information content (AvgIpc) is 2.40. The summed E-state index contributed by atoms with van der Waals surface area (Å²) in [7, 11) is 0. The fourth-order valence-electron chi connectivity index (χ4n) is 2.08. The number of nitrogens with two attached hydrogens (primary N) is 1. The van der Waals surface area contributed by atoms with E-state index in [9.17, 15) is 0 Å². The summed E-state index contributed by atoms with van der Waals surface area (Å²) in [6.45, 7) is 4.24. The average molecular weight is 308 g/mol. The molecule has 0 aliphatic carbocycles. The number of hydrogen-bond donors (Lipinski definition) is 2. The molecule has 0 bridgehead atoms. The van der Waals surface area contributed by atoms with Crippen LogP contribution in [0.2, 0.25) is 5.02 Å². The molecule has 3 nitrogen and oxygen atoms in total. The molecule has 1 aromatic heterocycles. The van der Waals surface area contributed by atoms with Crippen molar-refractivity contribution in [1.29, 1.82) is 0 Å². The normalized spacial score (nSPS) is 10.6. The first-order valence-corrected chi connectivity index (χ1v) is 7.88. The maximum Gasteiger partial charge on any atom is 0.140 e. The van der Waals surface area contributed by atoms with E-state index < -0.39 is 0 Å². The van der Waals surface area contributed by atoms with Gasteiger partial charge >= 0.3 is 0 Å². The molecule has 0 unspecified atom stereocenters. The summed E-state index contributed by atoms with van der Waals surface area (Å²) in [6.07, 6.45) is 0. The van der Waals surface area contributed by atoms with Crippen LogP contribution < -0.4 is 11.3 Å². The first kappa shape index (κ1) is 15.2. The van der Waals surface area contributed by atoms with Crippen molar-refractivity contribution in [1.82, 2.24) is 4.98 Å². The number of nitrogen functional groups attached to an aromatic ring is 1. The predicted octanol–water partition coefficient (Wildman–Crippen LogP) is 4.07. The van der Waals surface area contributed by atoms with Gasteiger partial charge in [0.2, 0.25) is 0 Å². The standard InChI is InChI=1S/C15H18ClN3S/c1-10-5-11(2)7-12(6-10)8-20-9-14-13(16)3-4-15(18-14)19-17/h3-7H,8-9,17H2,1-2H3,(H,18,19). The third-order valence-electron chi connectivity index (χ3n) is 2.86. The highest BCUT2D eigenvalue weighted by Gasteiger charge is 2.04. The van der Waals surface area contributed by atoms with Gasteiger partial charge in [0.15, 0.2) is 0 Å². The molecule has 2 rings (SSSR count). The van der Waals surface area contributed by atoms with Gasteiger partial charge in [0.25, 0.3) is 0 Å². The van der Waals surface area contributed by atoms with Gasteiger partial charge in [0.05, 0.1) is 10.7 Å². The van der Waals surface area contributed by atoms with E-state index in [4.69, 9.17) is 17.4 Å². The van der Waals surface area contributed by atoms with Crippen LogP contribution in [-0.2, 0) is 11.5 Å². The van der Waals surface area contributed by atoms with Crippen LogP contribution in [0.5, 0.6) is 0 Å². The minimum atomic E-state index is 0.636. The highest BCUT2D eigenvalue weighted by molar-refractivity contribution is 7.97. The van der Waals surface area contributed by atoms with Crippen LogP contribution in [0.15, 0.2) is 30.3 Å². The molecular weight excluding hydrogens is 290 g/mol. The number of hydrogen-bond acceptors (Lipinski definition) is 4. The van der Waals surface area contributed by atoms with Gasteiger partial charge in [-0.25, -0.2) is 10.8 Å². The summed E-state index contributed by atoms with van der Waals surface area (Å²) in [5.74, 6) is 7.71. The Kier molecular flexibility index (Phi) is 5.29. The lowest BCUT2D eigenvalue weighted by Crippen LogP contribution is -2.09. The second-order valence-corrected chi connectivity index (χ2v) is 6.15. The van der Waals surface area contributed by atoms with E-state index in [0.717, 1.165) is 17.2 Å². The highest BCUT2D eigenvalue weighted by atomic mass is 35.5. The summed E-state index contributed by atoms with van der Waals surface area (Å²) in [5.41, 5.74) is 7.32. The summed E-state index contributed by atoms with van der Waals surface area (Å²) in [6, 6.07) is 10.2. The molecule has 106 valence electrons. The van der Waals surface area contributed by atoms with E-state index in [1.807, 2.05) is 6.07 Å². The Morgan fingerprint density at radius 1 is 1.15 bits per heavy atom. The topological polar surface area (TPSA) is 50.9 Å². The Morgan fingerprint density at radius 3 is 2.50 bits per heavy atom. The highest BCUT2D eigenvalue weighted by Crippen LogP contribution is 2.24. The number of anilines is 1. The molecule has 3 N–H and O–H groups in total. The van der Waals surface area contributed by atoms with Gasteiger partial charge in [0.1, 0.15) is 5.82 Å². The van der Waals surface area contributed by atoms with E-state index in [1.165, 1.54) is 16.7 Å². The number of nitrogens with zero attached hydrogens (tertiary/aromatic N) is 1. The maximum absolute atomic E-state index is 6.14. The summed E-state index contributed by atoms with van der Waals surface area (Å²) >= 11 is 7.94. The lowest BCUT2D eigenvalue weighted by atomic mass is 10.1. The van der Waals surface area contributed by atoms with Gasteiger partial charge in [0, 0.05) is 11.5 Å². The van der Waals surface area contributed by atoms with Crippen molar-refractivity contribution in [3.05, 3.63) is 57.7 Å². The number of aromatic nitrogens is 1. The Bertz CT molecular complexity index is 581. The summed E-state index contributed by atoms with van der Waals surface area (Å²) in [5, 5.41) is 0.678. The zero-order valence-corrected chi connectivity index (χ0v) is 13.2. The van der Waals surface area contributed by atoms with E-state index in [2.05, 4.69) is 42.5 Å². The number of aryl methyl sites for hydroxylation is 2. The molecule has 0 spiro atoms. The Hall–Kier alpha value is -1.23. The molecule has 0 atom stereocenters. The van der Waals surface area contributed by atoms with Crippen LogP contribution in [0.3, 0.4) is 0 Å². The quantitative estimate of drug-likeness (QED) is 0.646. The molecule has 1 heterocycles. The molecule has 0 aliphatic heterocycles. The van der Waals surface area contributed by atoms with Crippen molar-refractivity contribution in [3.8, 4) is 0 Å². The number of nitrogens with one attached hydrogen (secondary N) is 1. The van der Waals surface area contributed by atoms with Crippen molar-refractivity contribution < 1.29 is 0 Å². The first-order valence-electron chi connectivity index (χ1n) is 6.35. The third-order valence-corrected chi connectivity index (χ3v) is 4.21. The van der Waals surface area contributed by atoms with E-state index in [0.29, 0.717) is 10.8 Å². The molecular formula is C15H18ClN3S. The number of halogens is 1. The molecule has 1 aromatic carbocycles. The lowest BCUT2D eigenvalue weighted by Gasteiger charge is -2.07. The van der Waals surface area contributed by atoms with Crippen molar-refractivity contribution in [2.75, 3.05) is 5.43 Å². The van der Waals surface area contributed by atoms with E-state index in [-0.39, 0.29) is 0 Å². The molecule has 0 aliphatic rings. The Morgan fingerprint density at radius 2 is 1.85 bits per heavy atom. The molecule has 0 saturated heterocycles. The number of rotatable bonds is 5. The minimum absolute atomic E-state index is 0.636. The number of pyridine rings is 1. The van der Waals surface area contributed by atoms with E-state index in [1.54, 1.807) is 17.8 Å². The fourth-order valence-corrected chi connectivity index (χ4v) is 3.25. The minimum Gasteiger partial charge on any atom is -0.308 e. The SMILES string of the molecule is Cc1cc(C)cc(CSCc2nc(NN)ccc2Cl)c1. The van der Waals surface area contributed by atoms with Crippen LogP contribution in [0.1, 0.15) is 22.4 Å². The predicted molar refractivity (Wildman–Crippen MR) is 88.0 cm³/mol. The van der Waals surface area contributed by atoms with Gasteiger partial charge in [-0.1, -0.05) is 40.9 Å². The Labute approximate surface area is 128 Å². The van der Waals surface area contributed by atoms with Gasteiger partial charge in [-0.15, -0.1) is 0 Å². The monoisotopic (exact) mass is 307 g/mol. The summed E-state index contributed by atoms with van der Waals surface area (Å²) < 4.78 is 0. The Balaban J connectivity index is 1.99. The zero-order valence-electron chi connectivity index (χ0n) is 11.6. The fraction of sp³-hybridized carbons (Fsp3) is 0.267. The van der Waals surface area contributed by atoms with Crippen molar-refractivity contribution in [3.63, 3.8) is 0 Å². The van der Waals surface area contributed by atoms with Gasteiger partial charge in [-0.3, -0.25) is 0 Å². The van der Waals surface area contributed by atoms with E-state index >= 15 is 0 Å². The van der Waals surface area contributed by atoms with Crippen molar-refractivity contribution in [2.45, 2.75) is 25.4 Å². The molecule has 0 radical (unpaired) electrons. The molecule has 5 heteroatoms. The number of hydrazine groups is 1. The van der Waals surface area contributed by atoms with Crippen LogP contribution in [0.4, 0.5) is 5.82 Å². The smallest absolute Gasteiger partial charge is 0.140 e.